The van der Waals surface area contributed by atoms with Crippen molar-refractivity contribution in [1.29, 1.82) is 0 Å². The van der Waals surface area contributed by atoms with Gasteiger partial charge in [-0.25, -0.2) is 0 Å². The van der Waals surface area contributed by atoms with Crippen molar-refractivity contribution < 1.29 is 15.0 Å². The molecule has 0 aromatic rings. The highest BCUT2D eigenvalue weighted by molar-refractivity contribution is 5.49. The Morgan fingerprint density at radius 2 is 1.13 bits per heavy atom. The predicted molar refractivity (Wildman–Crippen MR) is 423 cm³/mol. The van der Waals surface area contributed by atoms with Crippen LogP contribution in [0.2, 0.25) is 0 Å². The highest BCUT2D eigenvalue weighted by Gasteiger charge is 2.59. The van der Waals surface area contributed by atoms with Crippen LogP contribution in [0, 0.1) is 139 Å². The second-order valence-electron chi connectivity index (χ2n) is 42.2. The topological polar surface area (TPSA) is 57.5 Å². The Labute approximate surface area is 616 Å². The summed E-state index contributed by atoms with van der Waals surface area (Å²) in [5, 5.41) is 21.0. The quantitative estimate of drug-likeness (QED) is 0.169. The molecule has 0 aliphatic heterocycles. The molecule has 20 aliphatic rings. The number of hydrogen-bond donors (Lipinski definition) is 2. The molecule has 100 heavy (non-hydrogen) atoms. The van der Waals surface area contributed by atoms with Gasteiger partial charge in [-0.1, -0.05) is 178 Å². The first-order chi connectivity index (χ1) is 47.8. The molecular weight excluding hydrogens is 1210 g/mol. The summed E-state index contributed by atoms with van der Waals surface area (Å²) in [4.78, 5) is 10.6. The number of aliphatic hydroxyl groups excluding tert-OH is 1. The average Bonchev–Trinajstić information content (AvgIpc) is 0.998. The Morgan fingerprint density at radius 3 is 1.62 bits per heavy atom. The molecule has 3 nitrogen and oxygen atoms in total. The third-order valence-corrected chi connectivity index (χ3v) is 35.0. The smallest absolute Gasteiger partial charge is 0.120 e. The van der Waals surface area contributed by atoms with Crippen LogP contribution in [0.4, 0.5) is 0 Å². The Hall–Kier alpha value is -2.23. The number of hydrogen-bond acceptors (Lipinski definition) is 3. The molecule has 20 aliphatic carbocycles. The van der Waals surface area contributed by atoms with E-state index in [2.05, 4.69) is 125 Å². The fraction of sp³-hybridized carbons (Fsp3) is 0.845. The lowest BCUT2D eigenvalue weighted by molar-refractivity contribution is -0.108. The number of aliphatic hydroxyl groups is 2. The maximum absolute atomic E-state index is 10.7. The van der Waals surface area contributed by atoms with E-state index in [9.17, 15) is 15.0 Å². The van der Waals surface area contributed by atoms with Crippen LogP contribution in [0.3, 0.4) is 0 Å². The van der Waals surface area contributed by atoms with E-state index < -0.39 is 0 Å². The molecule has 0 spiro atoms. The lowest BCUT2D eigenvalue weighted by atomic mass is 9.43. The SMILES string of the molecule is C=CC1(C)CC2CCC1C2.C=CC1(C)CC2CCCC2C1.CC/C=C/C1(C)CC2CCC1C2.CC1(C2=CCCCC2)CC2(O)CCC1C2.CC1(C=C2CCCC2)CC2CC(CC=O)CC2C1.CC1=C(C2(C)CC3CCCC3C2O)CCC1.CC1CC=C(C2(C)C3CC4CC(C3)CC2C4)CC1. The van der Waals surface area contributed by atoms with Crippen LogP contribution in [0.25, 0.3) is 0 Å². The second kappa shape index (κ2) is 31.2. The maximum Gasteiger partial charge on any atom is 0.120 e. The number of allylic oxidation sites excluding steroid dienone is 11. The van der Waals surface area contributed by atoms with Gasteiger partial charge in [0.15, 0.2) is 0 Å². The molecule has 17 fully saturated rings. The van der Waals surface area contributed by atoms with Crippen molar-refractivity contribution >= 4 is 6.29 Å². The molecule has 20 rings (SSSR count). The molecule has 18 atom stereocenters. The highest BCUT2D eigenvalue weighted by atomic mass is 16.3. The van der Waals surface area contributed by atoms with Crippen molar-refractivity contribution in [1.82, 2.24) is 0 Å². The molecule has 0 amide bonds. The summed E-state index contributed by atoms with van der Waals surface area (Å²) in [6, 6.07) is 0. The van der Waals surface area contributed by atoms with Gasteiger partial charge in [0.25, 0.3) is 0 Å². The zero-order valence-electron chi connectivity index (χ0n) is 66.8. The molecule has 18 unspecified atom stereocenters. The molecule has 0 saturated heterocycles. The van der Waals surface area contributed by atoms with Gasteiger partial charge < -0.3 is 15.0 Å². The van der Waals surface area contributed by atoms with Crippen LogP contribution < -0.4 is 0 Å². The normalized spacial score (nSPS) is 48.8. The summed E-state index contributed by atoms with van der Waals surface area (Å²) in [6.45, 7) is 31.9. The maximum atomic E-state index is 10.7. The molecule has 10 bridgehead atoms. The van der Waals surface area contributed by atoms with Crippen LogP contribution in [0.5, 0.6) is 0 Å². The van der Waals surface area contributed by atoms with Crippen LogP contribution >= 0.6 is 0 Å². The van der Waals surface area contributed by atoms with E-state index in [1.165, 1.54) is 238 Å². The van der Waals surface area contributed by atoms with Crippen LogP contribution in [0.15, 0.2) is 83.6 Å². The second-order valence-corrected chi connectivity index (χ2v) is 42.2. The summed E-state index contributed by atoms with van der Waals surface area (Å²) in [6.07, 6.45) is 81.1. The Morgan fingerprint density at radius 1 is 0.520 bits per heavy atom. The molecule has 2 N–H and O–H groups in total. The van der Waals surface area contributed by atoms with Gasteiger partial charge in [-0.15, -0.1) is 13.2 Å². The zero-order valence-corrected chi connectivity index (χ0v) is 66.8. The standard InChI is InChI=1S/C18H28.C17H26O.C15H24O.C14H22O.C12H20.C11H18.C10H16/c1-12-3-5-15(6-4-12)18(2)16-8-13-7-14(10-16)11-17(18)9-13;1-17(10-13-4-2-3-5-13)11-15-8-14(6-7-18)9-16(15)12-17;1-10-5-3-8-13(10)15(2)9-11-6-4-7-12(11)14(15)16;1-13(11-5-3-2-4-6-11)10-14(15)8-7-12(13)9-14;1-3-4-7-12(2)9-10-5-6-11(12)8-10;1-3-11(2)7-9-5-4-6-10(9)8-11;1-3-10(2)7-8-4-5-9(10)6-8/h5,12-14,16-17H,3-4,6-11H2,1-2H3;7,10,14-16H,2-6,8-9,11-12H2,1H3;11-12,14,16H,3-9H2,1-2H3;5,12,15H,2-4,6-10H2,1H3;4,7,10-11H,3,5-6,8-9H2,1-2H3;3,9-10H,1,4-8H2,2H3;3,8-9H,1,4-7H2,2H3/b;;;;7-4+;;. The van der Waals surface area contributed by atoms with Gasteiger partial charge in [-0.05, 0) is 384 Å². The summed E-state index contributed by atoms with van der Waals surface area (Å²) in [5.41, 5.74) is 11.4. The van der Waals surface area contributed by atoms with Crippen molar-refractivity contribution in [2.45, 2.75) is 376 Å². The number of rotatable bonds is 10. The molecule has 0 aromatic carbocycles. The van der Waals surface area contributed by atoms with E-state index in [1.807, 2.05) is 5.57 Å². The van der Waals surface area contributed by atoms with E-state index >= 15 is 0 Å². The van der Waals surface area contributed by atoms with E-state index in [0.29, 0.717) is 44.3 Å². The van der Waals surface area contributed by atoms with Gasteiger partial charge >= 0.3 is 0 Å². The molecule has 0 radical (unpaired) electrons. The summed E-state index contributed by atoms with van der Waals surface area (Å²) in [7, 11) is 0. The lowest BCUT2D eigenvalue weighted by Crippen LogP contribution is -2.52. The Kier molecular flexibility index (Phi) is 23.7. The average molecular weight is 1370 g/mol. The van der Waals surface area contributed by atoms with Crippen molar-refractivity contribution in [2.24, 2.45) is 139 Å². The number of carbonyl (C=O) groups is 1. The van der Waals surface area contributed by atoms with Crippen LogP contribution in [-0.2, 0) is 4.79 Å². The van der Waals surface area contributed by atoms with Crippen molar-refractivity contribution in [2.75, 3.05) is 0 Å². The molecular formula is C97H154O3. The number of fused-ring (bicyclic) bond motifs is 9. The lowest BCUT2D eigenvalue weighted by Gasteiger charge is -2.61. The van der Waals surface area contributed by atoms with E-state index in [0.717, 1.165) is 121 Å². The third-order valence-electron chi connectivity index (χ3n) is 35.0. The van der Waals surface area contributed by atoms with E-state index in [4.69, 9.17) is 0 Å². The van der Waals surface area contributed by atoms with E-state index in [-0.39, 0.29) is 17.1 Å². The minimum atomic E-state index is -0.294. The van der Waals surface area contributed by atoms with Crippen LogP contribution in [-0.4, -0.2) is 28.2 Å². The molecule has 0 heterocycles. The summed E-state index contributed by atoms with van der Waals surface area (Å²) >= 11 is 0. The van der Waals surface area contributed by atoms with E-state index in [1.54, 1.807) is 54.4 Å². The summed E-state index contributed by atoms with van der Waals surface area (Å²) < 4.78 is 0. The fourth-order valence-electron chi connectivity index (χ4n) is 29.6. The zero-order chi connectivity index (χ0) is 70.5. The first-order valence-electron chi connectivity index (χ1n) is 44.4. The number of aldehydes is 1. The molecule has 0 aromatic heterocycles. The van der Waals surface area contributed by atoms with Gasteiger partial charge in [-0.2, -0.15) is 0 Å². The summed E-state index contributed by atoms with van der Waals surface area (Å²) in [5.74, 6) is 16.2. The van der Waals surface area contributed by atoms with Gasteiger partial charge in [0.05, 0.1) is 11.7 Å². The minimum Gasteiger partial charge on any atom is -0.392 e. The van der Waals surface area contributed by atoms with Gasteiger partial charge in [-0.3, -0.25) is 0 Å². The third kappa shape index (κ3) is 16.0. The Bertz CT molecular complexity index is 2920. The van der Waals surface area contributed by atoms with Gasteiger partial charge in [0.1, 0.15) is 6.29 Å². The van der Waals surface area contributed by atoms with Crippen molar-refractivity contribution in [3.63, 3.8) is 0 Å². The highest BCUT2D eigenvalue weighted by Crippen LogP contribution is 2.67. The fourth-order valence-corrected chi connectivity index (χ4v) is 29.6. The van der Waals surface area contributed by atoms with Crippen molar-refractivity contribution in [3.05, 3.63) is 83.6 Å². The minimum absolute atomic E-state index is 0.0527. The van der Waals surface area contributed by atoms with Crippen molar-refractivity contribution in [3.8, 4) is 0 Å². The van der Waals surface area contributed by atoms with Gasteiger partial charge in [0, 0.05) is 11.8 Å². The first-order valence-corrected chi connectivity index (χ1v) is 44.4. The predicted octanol–water partition coefficient (Wildman–Crippen LogP) is 27.0. The first kappa shape index (κ1) is 76.0. The largest absolute Gasteiger partial charge is 0.392 e. The van der Waals surface area contributed by atoms with Crippen LogP contribution in [0.1, 0.15) is 365 Å². The number of carbonyl (C=O) groups excluding carboxylic acids is 1. The molecule has 3 heteroatoms. The molecule has 17 saturated carbocycles. The molecule has 560 valence electrons. The Balaban J connectivity index is 0.000000106. The monoisotopic (exact) mass is 1370 g/mol. The van der Waals surface area contributed by atoms with Gasteiger partial charge in [0.2, 0.25) is 0 Å².